The van der Waals surface area contributed by atoms with Crippen LogP contribution in [0.25, 0.3) is 10.9 Å². The number of carbonyl (C=O) groups is 1. The van der Waals surface area contributed by atoms with E-state index in [9.17, 15) is 4.79 Å². The predicted octanol–water partition coefficient (Wildman–Crippen LogP) is 1.75. The number of nitrogens with zero attached hydrogens (tertiary/aromatic N) is 1. The van der Waals surface area contributed by atoms with Gasteiger partial charge in [0.2, 0.25) is 0 Å². The van der Waals surface area contributed by atoms with Crippen LogP contribution in [0.4, 0.5) is 5.69 Å². The molecule has 5 heteroatoms. The summed E-state index contributed by atoms with van der Waals surface area (Å²) < 4.78 is 5.78. The summed E-state index contributed by atoms with van der Waals surface area (Å²) in [6, 6.07) is 5.60. The highest BCUT2D eigenvalue weighted by Crippen LogP contribution is 2.29. The largest absolute Gasteiger partial charge is 0.399 e. The quantitative estimate of drug-likeness (QED) is 0.776. The molecule has 0 saturated carbocycles. The van der Waals surface area contributed by atoms with Crippen molar-refractivity contribution in [2.45, 2.75) is 25.0 Å². The number of nitrogens with one attached hydrogen (secondary N) is 1. The maximum absolute atomic E-state index is 12.7. The number of fused-ring (bicyclic) bond motifs is 3. The molecule has 2 aromatic rings. The standard InChI is InChI=1S/C15H17N3O2/c16-9-1-4-14-12(5-9)13(6-17-14)15(19)18-7-10-2-3-11(8-18)20-10/h1,4-6,10-11,17H,2-3,7-8,16H2. The first-order valence-electron chi connectivity index (χ1n) is 7.02. The van der Waals surface area contributed by atoms with Gasteiger partial charge in [0.05, 0.1) is 17.8 Å². The van der Waals surface area contributed by atoms with Gasteiger partial charge in [-0.1, -0.05) is 0 Å². The molecular formula is C15H17N3O2. The van der Waals surface area contributed by atoms with E-state index in [1.54, 1.807) is 6.20 Å². The fourth-order valence-electron chi connectivity index (χ4n) is 3.27. The number of aromatic amines is 1. The molecule has 1 aromatic heterocycles. The van der Waals surface area contributed by atoms with E-state index < -0.39 is 0 Å². The third-order valence-electron chi connectivity index (χ3n) is 4.27. The van der Waals surface area contributed by atoms with E-state index in [0.29, 0.717) is 24.3 Å². The van der Waals surface area contributed by atoms with Crippen molar-refractivity contribution in [2.24, 2.45) is 0 Å². The van der Waals surface area contributed by atoms with Gasteiger partial charge in [0.1, 0.15) is 0 Å². The molecular weight excluding hydrogens is 254 g/mol. The number of H-pyrrole nitrogens is 1. The number of carbonyl (C=O) groups excluding carboxylic acids is 1. The smallest absolute Gasteiger partial charge is 0.256 e. The van der Waals surface area contributed by atoms with Gasteiger partial charge in [-0.25, -0.2) is 0 Å². The van der Waals surface area contributed by atoms with E-state index in [-0.39, 0.29) is 18.1 Å². The number of hydrogen-bond donors (Lipinski definition) is 2. The zero-order valence-electron chi connectivity index (χ0n) is 11.1. The monoisotopic (exact) mass is 271 g/mol. The molecule has 0 aliphatic carbocycles. The van der Waals surface area contributed by atoms with E-state index in [0.717, 1.165) is 23.7 Å². The average Bonchev–Trinajstić information content (AvgIpc) is 3.01. The van der Waals surface area contributed by atoms with Crippen LogP contribution in [0.1, 0.15) is 23.2 Å². The van der Waals surface area contributed by atoms with Crippen molar-refractivity contribution in [2.75, 3.05) is 18.8 Å². The van der Waals surface area contributed by atoms with E-state index in [1.165, 1.54) is 0 Å². The number of rotatable bonds is 1. The van der Waals surface area contributed by atoms with E-state index in [1.807, 2.05) is 23.1 Å². The lowest BCUT2D eigenvalue weighted by molar-refractivity contribution is -0.0302. The zero-order valence-corrected chi connectivity index (χ0v) is 11.1. The fourth-order valence-corrected chi connectivity index (χ4v) is 3.27. The normalized spacial score (nSPS) is 25.3. The number of nitrogens with two attached hydrogens (primary N) is 1. The molecule has 5 nitrogen and oxygen atoms in total. The Kier molecular flexibility index (Phi) is 2.50. The van der Waals surface area contributed by atoms with Crippen molar-refractivity contribution in [1.82, 2.24) is 9.88 Å². The highest BCUT2D eigenvalue weighted by atomic mass is 16.5. The molecule has 2 bridgehead atoms. The number of morpholine rings is 1. The summed E-state index contributed by atoms with van der Waals surface area (Å²) in [6.45, 7) is 1.40. The van der Waals surface area contributed by atoms with Gasteiger partial charge in [0.25, 0.3) is 5.91 Å². The van der Waals surface area contributed by atoms with Crippen LogP contribution in [0.15, 0.2) is 24.4 Å². The maximum atomic E-state index is 12.7. The lowest BCUT2D eigenvalue weighted by Crippen LogP contribution is -2.45. The van der Waals surface area contributed by atoms with Crippen LogP contribution < -0.4 is 5.73 Å². The van der Waals surface area contributed by atoms with Crippen LogP contribution >= 0.6 is 0 Å². The summed E-state index contributed by atoms with van der Waals surface area (Å²) in [5.41, 5.74) is 8.15. The molecule has 4 rings (SSSR count). The number of ether oxygens (including phenoxy) is 1. The van der Waals surface area contributed by atoms with Crippen LogP contribution in [0.2, 0.25) is 0 Å². The Hall–Kier alpha value is -2.01. The minimum Gasteiger partial charge on any atom is -0.399 e. The summed E-state index contributed by atoms with van der Waals surface area (Å²) in [4.78, 5) is 17.8. The molecule has 1 amide bonds. The van der Waals surface area contributed by atoms with Gasteiger partial charge < -0.3 is 20.4 Å². The molecule has 3 heterocycles. The van der Waals surface area contributed by atoms with Gasteiger partial charge in [-0.15, -0.1) is 0 Å². The van der Waals surface area contributed by atoms with Crippen molar-refractivity contribution < 1.29 is 9.53 Å². The van der Waals surface area contributed by atoms with Crippen LogP contribution in [-0.4, -0.2) is 41.1 Å². The molecule has 3 N–H and O–H groups in total. The van der Waals surface area contributed by atoms with Crippen molar-refractivity contribution in [3.05, 3.63) is 30.0 Å². The van der Waals surface area contributed by atoms with Gasteiger partial charge in [0, 0.05) is 35.9 Å². The van der Waals surface area contributed by atoms with Gasteiger partial charge in [0.15, 0.2) is 0 Å². The third-order valence-corrected chi connectivity index (χ3v) is 4.27. The Morgan fingerprint density at radius 1 is 1.30 bits per heavy atom. The molecule has 20 heavy (non-hydrogen) atoms. The first kappa shape index (κ1) is 11.8. The number of likely N-dealkylation sites (tertiary alicyclic amines) is 1. The van der Waals surface area contributed by atoms with Crippen LogP contribution in [0.5, 0.6) is 0 Å². The minimum absolute atomic E-state index is 0.0713. The summed E-state index contributed by atoms with van der Waals surface area (Å²) in [7, 11) is 0. The van der Waals surface area contributed by atoms with Gasteiger partial charge in [-0.2, -0.15) is 0 Å². The SMILES string of the molecule is Nc1ccc2[nH]cc(C(=O)N3CC4CCC(C3)O4)c2c1. The molecule has 2 unspecified atom stereocenters. The summed E-state index contributed by atoms with van der Waals surface area (Å²) in [5.74, 6) is 0.0713. The fraction of sp³-hybridized carbons (Fsp3) is 0.400. The van der Waals surface area contributed by atoms with Crippen LogP contribution in [-0.2, 0) is 4.74 Å². The van der Waals surface area contributed by atoms with Crippen LogP contribution in [0.3, 0.4) is 0 Å². The molecule has 2 atom stereocenters. The number of hydrogen-bond acceptors (Lipinski definition) is 3. The Morgan fingerprint density at radius 2 is 2.05 bits per heavy atom. The van der Waals surface area contributed by atoms with Crippen molar-refractivity contribution in [3.63, 3.8) is 0 Å². The summed E-state index contributed by atoms with van der Waals surface area (Å²) >= 11 is 0. The summed E-state index contributed by atoms with van der Waals surface area (Å²) in [6.07, 6.45) is 4.34. The van der Waals surface area contributed by atoms with Crippen molar-refractivity contribution in [1.29, 1.82) is 0 Å². The Balaban J connectivity index is 1.68. The first-order valence-corrected chi connectivity index (χ1v) is 7.02. The third kappa shape index (κ3) is 1.78. The van der Waals surface area contributed by atoms with E-state index >= 15 is 0 Å². The lowest BCUT2D eigenvalue weighted by atomic mass is 10.1. The lowest BCUT2D eigenvalue weighted by Gasteiger charge is -2.32. The minimum atomic E-state index is 0.0713. The second kappa shape index (κ2) is 4.24. The topological polar surface area (TPSA) is 71.4 Å². The summed E-state index contributed by atoms with van der Waals surface area (Å²) in [5, 5.41) is 0.897. The number of aromatic nitrogens is 1. The Labute approximate surface area is 116 Å². The van der Waals surface area contributed by atoms with Gasteiger partial charge >= 0.3 is 0 Å². The predicted molar refractivity (Wildman–Crippen MR) is 76.5 cm³/mol. The molecule has 104 valence electrons. The second-order valence-electron chi connectivity index (χ2n) is 5.67. The molecule has 2 fully saturated rings. The molecule has 2 aliphatic rings. The molecule has 0 radical (unpaired) electrons. The molecule has 2 aliphatic heterocycles. The zero-order chi connectivity index (χ0) is 13.7. The number of nitrogen functional groups attached to an aromatic ring is 1. The van der Waals surface area contributed by atoms with Gasteiger partial charge in [-0.05, 0) is 31.0 Å². The second-order valence-corrected chi connectivity index (χ2v) is 5.67. The Morgan fingerprint density at radius 3 is 2.80 bits per heavy atom. The van der Waals surface area contributed by atoms with E-state index in [2.05, 4.69) is 4.98 Å². The Bertz CT molecular complexity index is 667. The first-order chi connectivity index (χ1) is 9.70. The number of benzene rings is 1. The maximum Gasteiger partial charge on any atom is 0.256 e. The van der Waals surface area contributed by atoms with Crippen LogP contribution in [0, 0.1) is 0 Å². The van der Waals surface area contributed by atoms with E-state index in [4.69, 9.17) is 10.5 Å². The van der Waals surface area contributed by atoms with Crippen molar-refractivity contribution >= 4 is 22.5 Å². The molecule has 1 aromatic carbocycles. The highest BCUT2D eigenvalue weighted by Gasteiger charge is 2.36. The number of amides is 1. The van der Waals surface area contributed by atoms with Gasteiger partial charge in [-0.3, -0.25) is 4.79 Å². The molecule has 0 spiro atoms. The number of anilines is 1. The molecule has 2 saturated heterocycles. The van der Waals surface area contributed by atoms with Crippen molar-refractivity contribution in [3.8, 4) is 0 Å². The highest BCUT2D eigenvalue weighted by molar-refractivity contribution is 6.07. The average molecular weight is 271 g/mol.